The highest BCUT2D eigenvalue weighted by atomic mass is 32.1. The van der Waals surface area contributed by atoms with Gasteiger partial charge in [0, 0.05) is 29.8 Å². The summed E-state index contributed by atoms with van der Waals surface area (Å²) >= 11 is 1.28. The number of hydrogen-bond donors (Lipinski definition) is 1. The molecule has 1 N–H and O–H groups in total. The molecule has 0 bridgehead atoms. The minimum absolute atomic E-state index is 0.126. The van der Waals surface area contributed by atoms with Gasteiger partial charge in [-0.2, -0.15) is 9.90 Å². The van der Waals surface area contributed by atoms with Crippen LogP contribution in [-0.4, -0.2) is 30.9 Å². The van der Waals surface area contributed by atoms with Gasteiger partial charge in [0.05, 0.1) is 5.69 Å². The molecule has 0 radical (unpaired) electrons. The van der Waals surface area contributed by atoms with Gasteiger partial charge in [-0.1, -0.05) is 5.92 Å². The summed E-state index contributed by atoms with van der Waals surface area (Å²) in [6.07, 6.45) is 1.68. The molecule has 3 heterocycles. The number of carbonyl (C=O) groups is 1. The minimum Gasteiger partial charge on any atom is -0.296 e. The smallest absolute Gasteiger partial charge is 0.280 e. The Kier molecular flexibility index (Phi) is 5.32. The van der Waals surface area contributed by atoms with E-state index in [0.717, 1.165) is 5.56 Å². The summed E-state index contributed by atoms with van der Waals surface area (Å²) in [5.74, 6) is 4.94. The molecule has 3 aromatic heterocycles. The summed E-state index contributed by atoms with van der Waals surface area (Å²) in [7, 11) is 1.61. The number of halogens is 1. The summed E-state index contributed by atoms with van der Waals surface area (Å²) in [6, 6.07) is 9.42. The predicted octanol–water partition coefficient (Wildman–Crippen LogP) is 3.76. The van der Waals surface area contributed by atoms with Crippen LogP contribution in [0.2, 0.25) is 0 Å². The van der Waals surface area contributed by atoms with E-state index in [-0.39, 0.29) is 11.5 Å². The van der Waals surface area contributed by atoms with Crippen molar-refractivity contribution < 1.29 is 9.18 Å². The Morgan fingerprint density at radius 1 is 1.13 bits per heavy atom. The molecule has 1 amide bonds. The molecule has 7 nitrogen and oxygen atoms in total. The first kappa shape index (κ1) is 19.4. The minimum atomic E-state index is -0.454. The number of rotatable bonds is 4. The van der Waals surface area contributed by atoms with Gasteiger partial charge in [-0.3, -0.25) is 15.1 Å². The lowest BCUT2D eigenvalue weighted by Crippen LogP contribution is -2.14. The van der Waals surface area contributed by atoms with Crippen LogP contribution in [0.4, 0.5) is 9.52 Å². The summed E-state index contributed by atoms with van der Waals surface area (Å²) < 4.78 is 13.2. The van der Waals surface area contributed by atoms with E-state index in [2.05, 4.69) is 37.3 Å². The maximum absolute atomic E-state index is 13.2. The number of nitrogens with one attached hydrogen (secondary N) is 1. The quantitative estimate of drug-likeness (QED) is 0.510. The fraction of sp³-hybridized carbons (Fsp3) is 0.0952. The van der Waals surface area contributed by atoms with Gasteiger partial charge in [-0.15, -0.1) is 22.4 Å². The van der Waals surface area contributed by atoms with Crippen LogP contribution in [0.1, 0.15) is 23.0 Å². The first-order chi connectivity index (χ1) is 14.5. The molecule has 0 aliphatic rings. The number of carbonyl (C=O) groups excluding carboxylic acids is 1. The van der Waals surface area contributed by atoms with Gasteiger partial charge in [0.25, 0.3) is 5.91 Å². The van der Waals surface area contributed by atoms with Crippen molar-refractivity contribution in [3.63, 3.8) is 0 Å². The normalized spacial score (nSPS) is 10.4. The zero-order valence-corrected chi connectivity index (χ0v) is 16.9. The Bertz CT molecular complexity index is 1270. The number of aromatic nitrogens is 5. The first-order valence-electron chi connectivity index (χ1n) is 8.87. The number of hydrogen-bond acceptors (Lipinski definition) is 6. The largest absolute Gasteiger partial charge is 0.296 e. The summed E-state index contributed by atoms with van der Waals surface area (Å²) in [4.78, 5) is 22.9. The molecule has 0 atom stereocenters. The summed E-state index contributed by atoms with van der Waals surface area (Å²) in [5.41, 5.74) is 3.22. The van der Waals surface area contributed by atoms with Gasteiger partial charge < -0.3 is 0 Å². The molecule has 0 saturated heterocycles. The number of aryl methyl sites for hydroxylation is 1. The molecule has 1 aromatic carbocycles. The second-order valence-electron chi connectivity index (χ2n) is 6.19. The Morgan fingerprint density at radius 2 is 1.93 bits per heavy atom. The van der Waals surface area contributed by atoms with E-state index in [4.69, 9.17) is 0 Å². The summed E-state index contributed by atoms with van der Waals surface area (Å²) in [5, 5.41) is 13.3. The SMILES string of the molecule is CC#Cc1ccc(-c2csc(NC(=O)c3nn(C)nc3-c3ccc(F)cc3)n2)nc1. The highest BCUT2D eigenvalue weighted by Crippen LogP contribution is 2.25. The third kappa shape index (κ3) is 4.09. The van der Waals surface area contributed by atoms with E-state index in [0.29, 0.717) is 27.8 Å². The fourth-order valence-corrected chi connectivity index (χ4v) is 3.43. The van der Waals surface area contributed by atoms with Crippen molar-refractivity contribution >= 4 is 22.4 Å². The lowest BCUT2D eigenvalue weighted by atomic mass is 10.1. The molecule has 0 spiro atoms. The molecular formula is C21H15FN6OS. The van der Waals surface area contributed by atoms with E-state index in [1.54, 1.807) is 37.7 Å². The van der Waals surface area contributed by atoms with E-state index in [9.17, 15) is 9.18 Å². The third-order valence-corrected chi connectivity index (χ3v) is 4.82. The lowest BCUT2D eigenvalue weighted by Gasteiger charge is -2.01. The number of thiazole rings is 1. The van der Waals surface area contributed by atoms with E-state index < -0.39 is 5.91 Å². The second kappa shape index (κ2) is 8.23. The van der Waals surface area contributed by atoms with Gasteiger partial charge in [0.15, 0.2) is 10.8 Å². The maximum atomic E-state index is 13.2. The Morgan fingerprint density at radius 3 is 2.63 bits per heavy atom. The number of anilines is 1. The molecule has 0 unspecified atom stereocenters. The molecule has 0 saturated carbocycles. The topological polar surface area (TPSA) is 85.6 Å². The van der Waals surface area contributed by atoms with Crippen LogP contribution >= 0.6 is 11.3 Å². The van der Waals surface area contributed by atoms with Crippen molar-refractivity contribution in [3.05, 3.63) is 65.0 Å². The molecule has 4 aromatic rings. The van der Waals surface area contributed by atoms with Crippen molar-refractivity contribution in [1.82, 2.24) is 25.0 Å². The number of benzene rings is 1. The van der Waals surface area contributed by atoms with Crippen LogP contribution in [0.3, 0.4) is 0 Å². The number of pyridine rings is 1. The summed E-state index contributed by atoms with van der Waals surface area (Å²) in [6.45, 7) is 1.77. The second-order valence-corrected chi connectivity index (χ2v) is 7.05. The van der Waals surface area contributed by atoms with Crippen LogP contribution in [0.15, 0.2) is 48.0 Å². The van der Waals surface area contributed by atoms with Crippen molar-refractivity contribution in [2.24, 2.45) is 7.05 Å². The van der Waals surface area contributed by atoms with Gasteiger partial charge in [0.2, 0.25) is 0 Å². The van der Waals surface area contributed by atoms with Crippen LogP contribution in [0.5, 0.6) is 0 Å². The predicted molar refractivity (Wildman–Crippen MR) is 112 cm³/mol. The molecule has 0 fully saturated rings. The molecule has 4 rings (SSSR count). The van der Waals surface area contributed by atoms with Crippen molar-refractivity contribution in [2.45, 2.75) is 6.92 Å². The molecule has 30 heavy (non-hydrogen) atoms. The maximum Gasteiger partial charge on any atom is 0.280 e. The van der Waals surface area contributed by atoms with Crippen LogP contribution in [-0.2, 0) is 7.05 Å². The molecule has 0 aliphatic carbocycles. The van der Waals surface area contributed by atoms with E-state index in [1.807, 2.05) is 12.1 Å². The van der Waals surface area contributed by atoms with Gasteiger partial charge >= 0.3 is 0 Å². The monoisotopic (exact) mass is 418 g/mol. The van der Waals surface area contributed by atoms with Crippen molar-refractivity contribution in [1.29, 1.82) is 0 Å². The average molecular weight is 418 g/mol. The third-order valence-electron chi connectivity index (χ3n) is 4.07. The first-order valence-corrected chi connectivity index (χ1v) is 9.75. The Balaban J connectivity index is 1.55. The highest BCUT2D eigenvalue weighted by Gasteiger charge is 2.20. The molecule has 9 heteroatoms. The zero-order chi connectivity index (χ0) is 21.1. The van der Waals surface area contributed by atoms with Crippen LogP contribution in [0, 0.1) is 17.7 Å². The van der Waals surface area contributed by atoms with Gasteiger partial charge in [-0.25, -0.2) is 9.37 Å². The number of amides is 1. The van der Waals surface area contributed by atoms with Crippen molar-refractivity contribution in [3.8, 4) is 34.5 Å². The molecule has 148 valence electrons. The number of nitrogens with zero attached hydrogens (tertiary/aromatic N) is 5. The zero-order valence-electron chi connectivity index (χ0n) is 16.0. The average Bonchev–Trinajstić information content (AvgIpc) is 3.36. The van der Waals surface area contributed by atoms with E-state index in [1.165, 1.54) is 28.3 Å². The van der Waals surface area contributed by atoms with Gasteiger partial charge in [0.1, 0.15) is 17.2 Å². The van der Waals surface area contributed by atoms with Gasteiger partial charge in [-0.05, 0) is 43.3 Å². The van der Waals surface area contributed by atoms with Crippen LogP contribution < -0.4 is 5.32 Å². The molecule has 0 aliphatic heterocycles. The fourth-order valence-electron chi connectivity index (χ4n) is 2.73. The van der Waals surface area contributed by atoms with Crippen molar-refractivity contribution in [2.75, 3.05) is 5.32 Å². The molecular weight excluding hydrogens is 403 g/mol. The lowest BCUT2D eigenvalue weighted by molar-refractivity contribution is 0.102. The van der Waals surface area contributed by atoms with E-state index >= 15 is 0 Å². The Hall–Kier alpha value is -3.90. The standard InChI is InChI=1S/C21H15FN6OS/c1-3-4-13-5-10-16(23-11-13)17-12-30-21(24-17)25-20(29)19-18(26-28(2)27-19)14-6-8-15(22)9-7-14/h5-12H,1-2H3,(H,24,25,29). The highest BCUT2D eigenvalue weighted by molar-refractivity contribution is 7.14. The van der Waals surface area contributed by atoms with Crippen LogP contribution in [0.25, 0.3) is 22.6 Å². The Labute approximate surface area is 175 Å².